The topological polar surface area (TPSA) is 64.4 Å². The summed E-state index contributed by atoms with van der Waals surface area (Å²) in [6, 6.07) is 11.5. The Hall–Kier alpha value is -2.64. The van der Waals surface area contributed by atoms with E-state index in [0.717, 1.165) is 16.7 Å². The fourth-order valence-corrected chi connectivity index (χ4v) is 3.18. The highest BCUT2D eigenvalue weighted by Gasteiger charge is 2.16. The van der Waals surface area contributed by atoms with E-state index in [1.165, 1.54) is 0 Å². The van der Waals surface area contributed by atoms with Crippen molar-refractivity contribution in [2.24, 2.45) is 5.10 Å². The summed E-state index contributed by atoms with van der Waals surface area (Å²) in [6.07, 6.45) is 1.66. The summed E-state index contributed by atoms with van der Waals surface area (Å²) in [5.74, 6) is 1.82. The largest absolute Gasteiger partial charge is 0.486 e. The Morgan fingerprint density at radius 2 is 2.08 bits per heavy atom. The standard InChI is InChI=1S/C18H15ClN4O2S/c1-11-4-2-3-5-13(11)17-21-22-18(26)23(17)20-10-12-8-14(19)16-15(9-12)24-6-7-25-16/h2-5,8-10H,6-7H2,1H3,(H,22,26)/b20-10-. The Morgan fingerprint density at radius 1 is 1.27 bits per heavy atom. The van der Waals surface area contributed by atoms with E-state index in [0.29, 0.717) is 40.3 Å². The predicted molar refractivity (Wildman–Crippen MR) is 103 cm³/mol. The minimum atomic E-state index is 0.406. The van der Waals surface area contributed by atoms with E-state index in [4.69, 9.17) is 33.3 Å². The summed E-state index contributed by atoms with van der Waals surface area (Å²) in [5, 5.41) is 12.1. The van der Waals surface area contributed by atoms with Crippen molar-refractivity contribution in [3.05, 3.63) is 57.3 Å². The molecule has 132 valence electrons. The summed E-state index contributed by atoms with van der Waals surface area (Å²) in [7, 11) is 0. The Balaban J connectivity index is 1.73. The van der Waals surface area contributed by atoms with Crippen LogP contribution in [0.5, 0.6) is 11.5 Å². The summed E-state index contributed by atoms with van der Waals surface area (Å²) < 4.78 is 13.1. The van der Waals surface area contributed by atoms with Gasteiger partial charge in [0.25, 0.3) is 0 Å². The van der Waals surface area contributed by atoms with Gasteiger partial charge in [0.15, 0.2) is 17.3 Å². The Labute approximate surface area is 160 Å². The molecule has 0 bridgehead atoms. The first kappa shape index (κ1) is 16.8. The lowest BCUT2D eigenvalue weighted by molar-refractivity contribution is 0.171. The predicted octanol–water partition coefficient (Wildman–Crippen LogP) is 4.22. The van der Waals surface area contributed by atoms with Crippen molar-refractivity contribution in [2.75, 3.05) is 13.2 Å². The number of halogens is 1. The van der Waals surface area contributed by atoms with Gasteiger partial charge in [-0.15, -0.1) is 0 Å². The molecule has 0 saturated heterocycles. The maximum Gasteiger partial charge on any atom is 0.216 e. The average Bonchev–Trinajstić information content (AvgIpc) is 3.01. The monoisotopic (exact) mass is 386 g/mol. The second-order valence-electron chi connectivity index (χ2n) is 5.75. The second-order valence-corrected chi connectivity index (χ2v) is 6.54. The van der Waals surface area contributed by atoms with Crippen LogP contribution in [0.15, 0.2) is 41.5 Å². The van der Waals surface area contributed by atoms with Crippen LogP contribution in [0.4, 0.5) is 0 Å². The molecular weight excluding hydrogens is 372 g/mol. The molecule has 0 amide bonds. The van der Waals surface area contributed by atoms with Gasteiger partial charge in [-0.25, -0.2) is 5.10 Å². The number of fused-ring (bicyclic) bond motifs is 1. The molecule has 1 N–H and O–H groups in total. The number of hydrogen-bond acceptors (Lipinski definition) is 5. The molecule has 2 aromatic carbocycles. The Morgan fingerprint density at radius 3 is 2.92 bits per heavy atom. The smallest absolute Gasteiger partial charge is 0.216 e. The fourth-order valence-electron chi connectivity index (χ4n) is 2.73. The van der Waals surface area contributed by atoms with Gasteiger partial charge < -0.3 is 9.47 Å². The molecule has 0 atom stereocenters. The van der Waals surface area contributed by atoms with Crippen LogP contribution in [-0.2, 0) is 0 Å². The van der Waals surface area contributed by atoms with Crippen LogP contribution in [0, 0.1) is 11.7 Å². The number of nitrogens with zero attached hydrogens (tertiary/aromatic N) is 3. The fraction of sp³-hybridized carbons (Fsp3) is 0.167. The highest BCUT2D eigenvalue weighted by Crippen LogP contribution is 2.38. The Kier molecular flexibility index (Phi) is 4.48. The molecular formula is C18H15ClN4O2S. The number of aromatic nitrogens is 3. The zero-order chi connectivity index (χ0) is 18.1. The number of nitrogens with one attached hydrogen (secondary N) is 1. The highest BCUT2D eigenvalue weighted by molar-refractivity contribution is 7.71. The molecule has 0 aliphatic carbocycles. The molecule has 0 fully saturated rings. The van der Waals surface area contributed by atoms with E-state index >= 15 is 0 Å². The van der Waals surface area contributed by atoms with Gasteiger partial charge in [-0.2, -0.15) is 14.9 Å². The van der Waals surface area contributed by atoms with Gasteiger partial charge in [-0.05, 0) is 42.4 Å². The molecule has 3 aromatic rings. The van der Waals surface area contributed by atoms with Crippen molar-refractivity contribution in [1.82, 2.24) is 14.9 Å². The quantitative estimate of drug-likeness (QED) is 0.540. The number of aryl methyl sites for hydroxylation is 1. The molecule has 0 radical (unpaired) electrons. The van der Waals surface area contributed by atoms with Crippen molar-refractivity contribution in [3.8, 4) is 22.9 Å². The van der Waals surface area contributed by atoms with Crippen molar-refractivity contribution in [3.63, 3.8) is 0 Å². The van der Waals surface area contributed by atoms with Gasteiger partial charge in [0.2, 0.25) is 4.77 Å². The highest BCUT2D eigenvalue weighted by atomic mass is 35.5. The third kappa shape index (κ3) is 3.11. The first-order valence-corrected chi connectivity index (χ1v) is 8.79. The van der Waals surface area contributed by atoms with E-state index in [2.05, 4.69) is 15.3 Å². The number of hydrogen-bond donors (Lipinski definition) is 1. The van der Waals surface area contributed by atoms with Crippen LogP contribution >= 0.6 is 23.8 Å². The van der Waals surface area contributed by atoms with E-state index in [1.54, 1.807) is 17.0 Å². The van der Waals surface area contributed by atoms with Gasteiger partial charge >= 0.3 is 0 Å². The van der Waals surface area contributed by atoms with Crippen molar-refractivity contribution >= 4 is 30.0 Å². The average molecular weight is 387 g/mol. The molecule has 26 heavy (non-hydrogen) atoms. The first-order valence-electron chi connectivity index (χ1n) is 8.00. The molecule has 1 aliphatic rings. The lowest BCUT2D eigenvalue weighted by atomic mass is 10.1. The molecule has 0 unspecified atom stereocenters. The van der Waals surface area contributed by atoms with Crippen LogP contribution in [0.2, 0.25) is 5.02 Å². The zero-order valence-corrected chi connectivity index (χ0v) is 15.5. The zero-order valence-electron chi connectivity index (χ0n) is 13.9. The molecule has 0 spiro atoms. The number of ether oxygens (including phenoxy) is 2. The van der Waals surface area contributed by atoms with Gasteiger partial charge in [0.05, 0.1) is 11.2 Å². The van der Waals surface area contributed by atoms with E-state index < -0.39 is 0 Å². The third-order valence-corrected chi connectivity index (χ3v) is 4.52. The first-order chi connectivity index (χ1) is 12.6. The number of benzene rings is 2. The summed E-state index contributed by atoms with van der Waals surface area (Å²) in [6.45, 7) is 3.00. The van der Waals surface area contributed by atoms with Gasteiger partial charge in [0, 0.05) is 5.56 Å². The molecule has 4 rings (SSSR count). The van der Waals surface area contributed by atoms with Crippen molar-refractivity contribution < 1.29 is 9.47 Å². The summed E-state index contributed by atoms with van der Waals surface area (Å²) >= 11 is 11.6. The maximum atomic E-state index is 6.27. The molecule has 1 aliphatic heterocycles. The van der Waals surface area contributed by atoms with E-state index in [9.17, 15) is 0 Å². The van der Waals surface area contributed by atoms with E-state index in [1.807, 2.05) is 37.3 Å². The van der Waals surface area contributed by atoms with Crippen LogP contribution in [0.3, 0.4) is 0 Å². The van der Waals surface area contributed by atoms with E-state index in [-0.39, 0.29) is 0 Å². The van der Waals surface area contributed by atoms with Crippen molar-refractivity contribution in [2.45, 2.75) is 6.92 Å². The van der Waals surface area contributed by atoms with Crippen LogP contribution in [0.25, 0.3) is 11.4 Å². The number of rotatable bonds is 3. The summed E-state index contributed by atoms with van der Waals surface area (Å²) in [4.78, 5) is 0. The number of aromatic amines is 1. The lowest BCUT2D eigenvalue weighted by Gasteiger charge is -2.19. The van der Waals surface area contributed by atoms with Crippen LogP contribution in [0.1, 0.15) is 11.1 Å². The normalized spacial score (nSPS) is 13.3. The summed E-state index contributed by atoms with van der Waals surface area (Å²) in [5.41, 5.74) is 2.82. The molecule has 8 heteroatoms. The molecule has 1 aromatic heterocycles. The van der Waals surface area contributed by atoms with Gasteiger partial charge in [-0.1, -0.05) is 35.9 Å². The minimum Gasteiger partial charge on any atom is -0.486 e. The van der Waals surface area contributed by atoms with Gasteiger partial charge in [-0.3, -0.25) is 0 Å². The molecule has 2 heterocycles. The molecule has 6 nitrogen and oxygen atoms in total. The van der Waals surface area contributed by atoms with Crippen LogP contribution in [-0.4, -0.2) is 34.3 Å². The SMILES string of the molecule is Cc1ccccc1-c1n[nH]c(=S)n1/N=C\c1cc(Cl)c2c(c1)OCCO2. The Bertz CT molecular complexity index is 1060. The van der Waals surface area contributed by atoms with Gasteiger partial charge in [0.1, 0.15) is 13.2 Å². The second kappa shape index (κ2) is 6.93. The minimum absolute atomic E-state index is 0.406. The molecule has 0 saturated carbocycles. The van der Waals surface area contributed by atoms with Crippen LogP contribution < -0.4 is 9.47 Å². The maximum absolute atomic E-state index is 6.27. The number of H-pyrrole nitrogens is 1. The van der Waals surface area contributed by atoms with Crippen molar-refractivity contribution in [1.29, 1.82) is 0 Å². The lowest BCUT2D eigenvalue weighted by Crippen LogP contribution is -2.15. The third-order valence-electron chi connectivity index (χ3n) is 3.98.